The summed E-state index contributed by atoms with van der Waals surface area (Å²) in [5.41, 5.74) is 1.77. The average molecular weight is 341 g/mol. The maximum Gasteiger partial charge on any atom is 0.293 e. The fourth-order valence-electron chi connectivity index (χ4n) is 3.08. The number of piperazine rings is 1. The van der Waals surface area contributed by atoms with Crippen molar-refractivity contribution in [2.24, 2.45) is 0 Å². The monoisotopic (exact) mass is 341 g/mol. The Bertz CT molecular complexity index is 754. The molecule has 1 aliphatic rings. The molecule has 2 heterocycles. The molecule has 0 spiro atoms. The highest BCUT2D eigenvalue weighted by Gasteiger charge is 2.34. The van der Waals surface area contributed by atoms with Crippen molar-refractivity contribution >= 4 is 11.8 Å². The van der Waals surface area contributed by atoms with Gasteiger partial charge in [-0.15, -0.1) is 0 Å². The normalized spacial score (nSPS) is 17.8. The van der Waals surface area contributed by atoms with E-state index < -0.39 is 0 Å². The van der Waals surface area contributed by atoms with Gasteiger partial charge in [-0.2, -0.15) is 0 Å². The predicted molar refractivity (Wildman–Crippen MR) is 93.1 cm³/mol. The highest BCUT2D eigenvalue weighted by atomic mass is 16.5. The van der Waals surface area contributed by atoms with Crippen molar-refractivity contribution in [3.63, 3.8) is 0 Å². The number of rotatable bonds is 3. The van der Waals surface area contributed by atoms with E-state index in [-0.39, 0.29) is 29.5 Å². The van der Waals surface area contributed by atoms with Crippen LogP contribution in [0.2, 0.25) is 0 Å². The Morgan fingerprint density at radius 2 is 1.92 bits per heavy atom. The van der Waals surface area contributed by atoms with Crippen molar-refractivity contribution in [1.82, 2.24) is 15.0 Å². The van der Waals surface area contributed by atoms with Crippen LogP contribution >= 0.6 is 0 Å². The number of carbonyl (C=O) groups is 2. The van der Waals surface area contributed by atoms with Crippen molar-refractivity contribution < 1.29 is 14.1 Å². The number of carbonyl (C=O) groups excluding carboxylic acids is 2. The fourth-order valence-corrected chi connectivity index (χ4v) is 3.08. The Hall–Kier alpha value is -2.63. The number of hydrogen-bond acceptors (Lipinski definition) is 4. The zero-order chi connectivity index (χ0) is 18.0. The van der Waals surface area contributed by atoms with Crippen LogP contribution < -0.4 is 0 Å². The molecule has 132 valence electrons. The van der Waals surface area contributed by atoms with Crippen LogP contribution in [-0.2, 0) is 4.79 Å². The van der Waals surface area contributed by atoms with E-state index in [4.69, 9.17) is 4.52 Å². The maximum absolute atomic E-state index is 13.0. The minimum Gasteiger partial charge on any atom is -0.351 e. The summed E-state index contributed by atoms with van der Waals surface area (Å²) in [5.74, 6) is 0.289. The number of amides is 2. The first-order valence-corrected chi connectivity index (χ1v) is 8.55. The van der Waals surface area contributed by atoms with Gasteiger partial charge in [-0.3, -0.25) is 9.59 Å². The third-order valence-corrected chi connectivity index (χ3v) is 4.60. The van der Waals surface area contributed by atoms with Gasteiger partial charge in [0.2, 0.25) is 11.7 Å². The van der Waals surface area contributed by atoms with Crippen molar-refractivity contribution in [3.8, 4) is 0 Å². The molecule has 1 saturated heterocycles. The second kappa shape index (κ2) is 7.09. The lowest BCUT2D eigenvalue weighted by atomic mass is 10.0. The molecule has 0 bridgehead atoms. The van der Waals surface area contributed by atoms with Crippen molar-refractivity contribution in [2.45, 2.75) is 32.7 Å². The van der Waals surface area contributed by atoms with Gasteiger partial charge in [0.15, 0.2) is 0 Å². The Kier molecular flexibility index (Phi) is 4.88. The lowest BCUT2D eigenvalue weighted by Crippen LogP contribution is -2.51. The molecule has 1 aliphatic heterocycles. The fraction of sp³-hybridized carbons (Fsp3) is 0.421. The average Bonchev–Trinajstić information content (AvgIpc) is 3.12. The molecule has 1 aromatic carbocycles. The lowest BCUT2D eigenvalue weighted by molar-refractivity contribution is -0.131. The lowest BCUT2D eigenvalue weighted by Gasteiger charge is -2.41. The topological polar surface area (TPSA) is 66.7 Å². The largest absolute Gasteiger partial charge is 0.351 e. The number of nitrogens with zero attached hydrogens (tertiary/aromatic N) is 3. The molecule has 2 amide bonds. The molecule has 0 unspecified atom stereocenters. The van der Waals surface area contributed by atoms with Gasteiger partial charge in [-0.1, -0.05) is 49.3 Å². The van der Waals surface area contributed by atoms with Gasteiger partial charge in [0, 0.05) is 32.6 Å². The molecule has 6 heteroatoms. The van der Waals surface area contributed by atoms with Crippen LogP contribution in [0.25, 0.3) is 0 Å². The summed E-state index contributed by atoms with van der Waals surface area (Å²) in [7, 11) is 0. The summed E-state index contributed by atoms with van der Waals surface area (Å²) in [6.45, 7) is 7.04. The van der Waals surface area contributed by atoms with E-state index in [1.807, 2.05) is 44.2 Å². The summed E-state index contributed by atoms with van der Waals surface area (Å²) in [5, 5.41) is 3.99. The molecule has 25 heavy (non-hydrogen) atoms. The smallest absolute Gasteiger partial charge is 0.293 e. The van der Waals surface area contributed by atoms with Crippen molar-refractivity contribution in [3.05, 3.63) is 53.4 Å². The van der Waals surface area contributed by atoms with Gasteiger partial charge in [0.05, 0.1) is 11.7 Å². The SMILES string of the molecule is CC(=O)N1CCN(C(=O)c2cc(C(C)C)no2)[C@H](c2ccccc2)C1. The maximum atomic E-state index is 13.0. The quantitative estimate of drug-likeness (QED) is 0.861. The van der Waals surface area contributed by atoms with E-state index >= 15 is 0 Å². The van der Waals surface area contributed by atoms with Crippen LogP contribution in [-0.4, -0.2) is 46.4 Å². The second-order valence-electron chi connectivity index (χ2n) is 6.66. The van der Waals surface area contributed by atoms with Crippen LogP contribution in [0.1, 0.15) is 54.5 Å². The molecule has 0 saturated carbocycles. The van der Waals surface area contributed by atoms with Crippen LogP contribution in [0.3, 0.4) is 0 Å². The molecular weight excluding hydrogens is 318 g/mol. The third-order valence-electron chi connectivity index (χ3n) is 4.60. The minimum atomic E-state index is -0.195. The van der Waals surface area contributed by atoms with Gasteiger partial charge >= 0.3 is 0 Å². The van der Waals surface area contributed by atoms with E-state index in [0.717, 1.165) is 11.3 Å². The zero-order valence-corrected chi connectivity index (χ0v) is 14.8. The molecular formula is C19H23N3O3. The van der Waals surface area contributed by atoms with E-state index in [2.05, 4.69) is 5.16 Å². The van der Waals surface area contributed by atoms with Crippen molar-refractivity contribution in [2.75, 3.05) is 19.6 Å². The molecule has 2 aromatic rings. The summed E-state index contributed by atoms with van der Waals surface area (Å²) >= 11 is 0. The number of hydrogen-bond donors (Lipinski definition) is 0. The predicted octanol–water partition coefficient (Wildman–Crippen LogP) is 2.84. The van der Waals surface area contributed by atoms with Gasteiger partial charge in [0.25, 0.3) is 5.91 Å². The highest BCUT2D eigenvalue weighted by Crippen LogP contribution is 2.28. The molecule has 1 atom stereocenters. The van der Waals surface area contributed by atoms with Gasteiger partial charge in [-0.05, 0) is 11.5 Å². The number of benzene rings is 1. The van der Waals surface area contributed by atoms with E-state index in [9.17, 15) is 9.59 Å². The standard InChI is InChI=1S/C19H23N3O3/c1-13(2)16-11-18(25-20-16)19(24)22-10-9-21(14(3)23)12-17(22)15-7-5-4-6-8-15/h4-8,11,13,17H,9-10,12H2,1-3H3/t17-/m0/s1. The van der Waals surface area contributed by atoms with Crippen LogP contribution in [0, 0.1) is 0 Å². The molecule has 1 fully saturated rings. The number of aromatic nitrogens is 1. The van der Waals surface area contributed by atoms with Gasteiger partial charge in [0.1, 0.15) is 0 Å². The molecule has 0 aliphatic carbocycles. The summed E-state index contributed by atoms with van der Waals surface area (Å²) in [6.07, 6.45) is 0. The van der Waals surface area contributed by atoms with Crippen molar-refractivity contribution in [1.29, 1.82) is 0 Å². The minimum absolute atomic E-state index is 0.0230. The van der Waals surface area contributed by atoms with Crippen LogP contribution in [0.5, 0.6) is 0 Å². The Morgan fingerprint density at radius 1 is 1.20 bits per heavy atom. The third kappa shape index (κ3) is 3.57. The van der Waals surface area contributed by atoms with E-state index in [1.54, 1.807) is 22.8 Å². The molecule has 0 radical (unpaired) electrons. The Labute approximate surface area is 147 Å². The first kappa shape index (κ1) is 17.2. The van der Waals surface area contributed by atoms with Crippen LogP contribution in [0.15, 0.2) is 40.9 Å². The summed E-state index contributed by atoms with van der Waals surface area (Å²) < 4.78 is 5.28. The summed E-state index contributed by atoms with van der Waals surface area (Å²) in [4.78, 5) is 28.3. The first-order chi connectivity index (χ1) is 12.0. The van der Waals surface area contributed by atoms with E-state index in [1.165, 1.54) is 0 Å². The van der Waals surface area contributed by atoms with Crippen LogP contribution in [0.4, 0.5) is 0 Å². The second-order valence-corrected chi connectivity index (χ2v) is 6.66. The highest BCUT2D eigenvalue weighted by molar-refractivity contribution is 5.92. The molecule has 1 aromatic heterocycles. The van der Waals surface area contributed by atoms with Gasteiger partial charge in [-0.25, -0.2) is 0 Å². The zero-order valence-electron chi connectivity index (χ0n) is 14.8. The molecule has 6 nitrogen and oxygen atoms in total. The Balaban J connectivity index is 1.89. The Morgan fingerprint density at radius 3 is 2.52 bits per heavy atom. The first-order valence-electron chi connectivity index (χ1n) is 8.55. The molecule has 0 N–H and O–H groups in total. The summed E-state index contributed by atoms with van der Waals surface area (Å²) in [6, 6.07) is 11.3. The van der Waals surface area contributed by atoms with Gasteiger partial charge < -0.3 is 14.3 Å². The van der Waals surface area contributed by atoms with E-state index in [0.29, 0.717) is 19.6 Å². The molecule has 3 rings (SSSR count).